The largest absolute Gasteiger partial charge is 0.369 e. The smallest absolute Gasteiger partial charge is 0.0407 e. The maximum atomic E-state index is 5.96. The Balaban J connectivity index is 1.87. The lowest BCUT2D eigenvalue weighted by Crippen LogP contribution is -2.50. The van der Waals surface area contributed by atoms with Crippen LogP contribution in [0.15, 0.2) is 24.3 Å². The average Bonchev–Trinajstić information content (AvgIpc) is 2.49. The van der Waals surface area contributed by atoms with Crippen LogP contribution in [0, 0.1) is 5.41 Å². The number of nitrogens with one attached hydrogen (secondary N) is 1. The highest BCUT2D eigenvalue weighted by molar-refractivity contribution is 6.30. The quantitative estimate of drug-likeness (QED) is 0.871. The molecule has 0 radical (unpaired) electrons. The minimum absolute atomic E-state index is 0.372. The molecule has 1 unspecified atom stereocenters. The molecule has 1 heterocycles. The second-order valence-electron chi connectivity index (χ2n) is 6.43. The fourth-order valence-electron chi connectivity index (χ4n) is 3.08. The minimum Gasteiger partial charge on any atom is -0.369 e. The molecular weight excluding hydrogens is 282 g/mol. The summed E-state index contributed by atoms with van der Waals surface area (Å²) < 4.78 is 0. The summed E-state index contributed by atoms with van der Waals surface area (Å²) in [6.07, 6.45) is 1.21. The van der Waals surface area contributed by atoms with E-state index < -0.39 is 0 Å². The van der Waals surface area contributed by atoms with E-state index in [4.69, 9.17) is 11.6 Å². The molecule has 1 saturated heterocycles. The molecule has 1 aliphatic rings. The molecule has 1 aromatic rings. The summed E-state index contributed by atoms with van der Waals surface area (Å²) in [6.45, 7) is 11.4. The molecule has 1 aromatic carbocycles. The summed E-state index contributed by atoms with van der Waals surface area (Å²) >= 11 is 5.96. The molecule has 0 saturated carbocycles. The van der Waals surface area contributed by atoms with E-state index in [0.717, 1.165) is 37.7 Å². The lowest BCUT2D eigenvalue weighted by Gasteiger charge is -2.40. The molecule has 2 rings (SSSR count). The molecule has 1 aliphatic heterocycles. The van der Waals surface area contributed by atoms with Crippen LogP contribution in [-0.4, -0.2) is 51.2 Å². The Labute approximate surface area is 134 Å². The van der Waals surface area contributed by atoms with Gasteiger partial charge in [0, 0.05) is 50.0 Å². The lowest BCUT2D eigenvalue weighted by molar-refractivity contribution is 0.150. The van der Waals surface area contributed by atoms with Crippen molar-refractivity contribution in [3.63, 3.8) is 0 Å². The third-order valence-corrected chi connectivity index (χ3v) is 4.88. The minimum atomic E-state index is 0.372. The van der Waals surface area contributed by atoms with Crippen LogP contribution in [0.4, 0.5) is 5.69 Å². The molecule has 0 aromatic heterocycles. The average molecular weight is 310 g/mol. The van der Waals surface area contributed by atoms with Gasteiger partial charge in [0.15, 0.2) is 0 Å². The van der Waals surface area contributed by atoms with Gasteiger partial charge >= 0.3 is 0 Å². The second-order valence-corrected chi connectivity index (χ2v) is 6.87. The molecule has 1 fully saturated rings. The van der Waals surface area contributed by atoms with Gasteiger partial charge in [0.1, 0.15) is 0 Å². The lowest BCUT2D eigenvalue weighted by atomic mass is 9.86. The highest BCUT2D eigenvalue weighted by Gasteiger charge is 2.26. The number of benzene rings is 1. The monoisotopic (exact) mass is 309 g/mol. The standard InChI is InChI=1S/C17H28ClN3/c1-4-17(2,13-19-3)14-20-9-11-21(12-10-20)16-7-5-15(18)6-8-16/h5-8,19H,4,9-14H2,1-3H3. The number of hydrogen-bond acceptors (Lipinski definition) is 3. The fraction of sp³-hybridized carbons (Fsp3) is 0.647. The first-order chi connectivity index (χ1) is 10.1. The number of hydrogen-bond donors (Lipinski definition) is 1. The molecule has 0 spiro atoms. The van der Waals surface area contributed by atoms with Gasteiger partial charge < -0.3 is 10.2 Å². The maximum Gasteiger partial charge on any atom is 0.0407 e. The number of anilines is 1. The normalized spacial score (nSPS) is 19.5. The summed E-state index contributed by atoms with van der Waals surface area (Å²) in [5.74, 6) is 0. The van der Waals surface area contributed by atoms with Gasteiger partial charge in [-0.3, -0.25) is 4.90 Å². The topological polar surface area (TPSA) is 18.5 Å². The van der Waals surface area contributed by atoms with E-state index in [9.17, 15) is 0 Å². The summed E-state index contributed by atoms with van der Waals surface area (Å²) in [5, 5.41) is 4.15. The van der Waals surface area contributed by atoms with Crippen molar-refractivity contribution in [2.45, 2.75) is 20.3 Å². The van der Waals surface area contributed by atoms with Crippen LogP contribution in [0.2, 0.25) is 5.02 Å². The molecule has 4 heteroatoms. The summed E-state index contributed by atoms with van der Waals surface area (Å²) in [7, 11) is 2.05. The van der Waals surface area contributed by atoms with Crippen molar-refractivity contribution in [3.05, 3.63) is 29.3 Å². The Morgan fingerprint density at radius 3 is 2.29 bits per heavy atom. The van der Waals surface area contributed by atoms with E-state index >= 15 is 0 Å². The molecule has 118 valence electrons. The van der Waals surface area contributed by atoms with Crippen LogP contribution in [-0.2, 0) is 0 Å². The van der Waals surface area contributed by atoms with E-state index in [1.165, 1.54) is 18.7 Å². The van der Waals surface area contributed by atoms with Crippen LogP contribution in [0.25, 0.3) is 0 Å². The third-order valence-electron chi connectivity index (χ3n) is 4.63. The Kier molecular flexibility index (Phi) is 5.91. The van der Waals surface area contributed by atoms with E-state index in [1.807, 2.05) is 19.2 Å². The highest BCUT2D eigenvalue weighted by Crippen LogP contribution is 2.24. The Hall–Kier alpha value is -0.770. The molecule has 0 aliphatic carbocycles. The predicted molar refractivity (Wildman–Crippen MR) is 92.4 cm³/mol. The number of rotatable bonds is 6. The van der Waals surface area contributed by atoms with Gasteiger partial charge in [-0.1, -0.05) is 25.4 Å². The van der Waals surface area contributed by atoms with Crippen molar-refractivity contribution >= 4 is 17.3 Å². The van der Waals surface area contributed by atoms with Crippen molar-refractivity contribution in [2.24, 2.45) is 5.41 Å². The van der Waals surface area contributed by atoms with Crippen molar-refractivity contribution in [2.75, 3.05) is 51.2 Å². The first-order valence-electron chi connectivity index (χ1n) is 7.94. The molecule has 1 N–H and O–H groups in total. The maximum absolute atomic E-state index is 5.96. The van der Waals surface area contributed by atoms with Crippen molar-refractivity contribution in [1.29, 1.82) is 0 Å². The number of halogens is 1. The van der Waals surface area contributed by atoms with Gasteiger partial charge in [0.25, 0.3) is 0 Å². The zero-order valence-electron chi connectivity index (χ0n) is 13.5. The van der Waals surface area contributed by atoms with Crippen LogP contribution >= 0.6 is 11.6 Å². The predicted octanol–water partition coefficient (Wildman–Crippen LogP) is 3.10. The van der Waals surface area contributed by atoms with Gasteiger partial charge in [0.05, 0.1) is 0 Å². The van der Waals surface area contributed by atoms with Crippen LogP contribution in [0.1, 0.15) is 20.3 Å². The summed E-state index contributed by atoms with van der Waals surface area (Å²) in [4.78, 5) is 5.06. The molecule has 3 nitrogen and oxygen atoms in total. The van der Waals surface area contributed by atoms with E-state index in [1.54, 1.807) is 0 Å². The molecular formula is C17H28ClN3. The van der Waals surface area contributed by atoms with E-state index in [2.05, 4.69) is 41.1 Å². The van der Waals surface area contributed by atoms with Gasteiger partial charge in [0.2, 0.25) is 0 Å². The van der Waals surface area contributed by atoms with E-state index in [0.29, 0.717) is 5.41 Å². The second kappa shape index (κ2) is 7.48. The summed E-state index contributed by atoms with van der Waals surface area (Å²) in [6, 6.07) is 8.19. The SMILES string of the molecule is CCC(C)(CNC)CN1CCN(c2ccc(Cl)cc2)CC1. The van der Waals surface area contributed by atoms with Crippen molar-refractivity contribution in [1.82, 2.24) is 10.2 Å². The van der Waals surface area contributed by atoms with Crippen molar-refractivity contribution in [3.8, 4) is 0 Å². The Bertz CT molecular complexity index is 426. The zero-order chi connectivity index (χ0) is 15.3. The Morgan fingerprint density at radius 1 is 1.14 bits per heavy atom. The van der Waals surface area contributed by atoms with Crippen LogP contribution in [0.5, 0.6) is 0 Å². The molecule has 21 heavy (non-hydrogen) atoms. The van der Waals surface area contributed by atoms with Gasteiger partial charge in [-0.25, -0.2) is 0 Å². The van der Waals surface area contributed by atoms with Gasteiger partial charge in [-0.05, 0) is 43.1 Å². The van der Waals surface area contributed by atoms with Crippen molar-refractivity contribution < 1.29 is 0 Å². The third kappa shape index (κ3) is 4.60. The van der Waals surface area contributed by atoms with Gasteiger partial charge in [-0.2, -0.15) is 0 Å². The highest BCUT2D eigenvalue weighted by atomic mass is 35.5. The number of piperazine rings is 1. The molecule has 0 bridgehead atoms. The Morgan fingerprint density at radius 2 is 1.76 bits per heavy atom. The molecule has 0 amide bonds. The first kappa shape index (κ1) is 16.6. The number of nitrogens with zero attached hydrogens (tertiary/aromatic N) is 2. The van der Waals surface area contributed by atoms with Crippen LogP contribution < -0.4 is 10.2 Å². The zero-order valence-corrected chi connectivity index (χ0v) is 14.3. The van der Waals surface area contributed by atoms with Gasteiger partial charge in [-0.15, -0.1) is 0 Å². The van der Waals surface area contributed by atoms with E-state index in [-0.39, 0.29) is 0 Å². The molecule has 1 atom stereocenters. The summed E-state index contributed by atoms with van der Waals surface area (Å²) in [5.41, 5.74) is 1.66. The first-order valence-corrected chi connectivity index (χ1v) is 8.31. The van der Waals surface area contributed by atoms with Crippen LogP contribution in [0.3, 0.4) is 0 Å². The fourth-order valence-corrected chi connectivity index (χ4v) is 3.20.